The molecule has 0 bridgehead atoms. The molecular formula is C30H20ClNS. The van der Waals surface area contributed by atoms with Gasteiger partial charge in [0, 0.05) is 36.6 Å². The van der Waals surface area contributed by atoms with Crippen LogP contribution in [-0.4, -0.2) is 0 Å². The Morgan fingerprint density at radius 3 is 1.85 bits per heavy atom. The Morgan fingerprint density at radius 1 is 0.545 bits per heavy atom. The summed E-state index contributed by atoms with van der Waals surface area (Å²) in [6.45, 7) is 0. The molecule has 0 amide bonds. The van der Waals surface area contributed by atoms with E-state index in [1.54, 1.807) is 0 Å². The van der Waals surface area contributed by atoms with Gasteiger partial charge in [-0.2, -0.15) is 0 Å². The zero-order valence-corrected chi connectivity index (χ0v) is 19.4. The van der Waals surface area contributed by atoms with Gasteiger partial charge in [0.05, 0.1) is 5.69 Å². The molecule has 0 aliphatic rings. The minimum atomic E-state index is 0.754. The highest BCUT2D eigenvalue weighted by molar-refractivity contribution is 7.26. The van der Waals surface area contributed by atoms with Crippen LogP contribution in [0.15, 0.2) is 121 Å². The van der Waals surface area contributed by atoms with Crippen molar-refractivity contribution in [1.82, 2.24) is 0 Å². The fraction of sp³-hybridized carbons (Fsp3) is 0. The first-order valence-electron chi connectivity index (χ1n) is 10.9. The van der Waals surface area contributed by atoms with Crippen molar-refractivity contribution in [2.45, 2.75) is 0 Å². The third-order valence-corrected chi connectivity index (χ3v) is 7.31. The largest absolute Gasteiger partial charge is 0.310 e. The maximum atomic E-state index is 6.12. The van der Waals surface area contributed by atoms with E-state index in [1.807, 2.05) is 23.5 Å². The number of fused-ring (bicyclic) bond motifs is 3. The lowest BCUT2D eigenvalue weighted by atomic mass is 10.0. The molecule has 6 rings (SSSR count). The van der Waals surface area contributed by atoms with Gasteiger partial charge < -0.3 is 4.90 Å². The predicted molar refractivity (Wildman–Crippen MR) is 144 cm³/mol. The summed E-state index contributed by atoms with van der Waals surface area (Å²) in [4.78, 5) is 2.35. The van der Waals surface area contributed by atoms with Crippen molar-refractivity contribution in [3.63, 3.8) is 0 Å². The highest BCUT2D eigenvalue weighted by Crippen LogP contribution is 2.45. The predicted octanol–water partition coefficient (Wildman–Crippen LogP) is 9.84. The van der Waals surface area contributed by atoms with Crippen molar-refractivity contribution in [1.29, 1.82) is 0 Å². The standard InChI is InChI=1S/C30H20ClNS/c31-23-17-14-21(15-18-23)22-16-19-28-26(20-22)30-27(12-7-13-29(30)33-28)32(24-8-3-1-4-9-24)25-10-5-2-6-11-25/h1-20H. The fourth-order valence-electron chi connectivity index (χ4n) is 4.40. The summed E-state index contributed by atoms with van der Waals surface area (Å²) in [7, 11) is 0. The first-order chi connectivity index (χ1) is 16.3. The van der Waals surface area contributed by atoms with Crippen molar-refractivity contribution in [2.24, 2.45) is 0 Å². The molecular weight excluding hydrogens is 442 g/mol. The monoisotopic (exact) mass is 461 g/mol. The molecule has 0 saturated heterocycles. The molecule has 6 aromatic rings. The Balaban J connectivity index is 1.62. The van der Waals surface area contributed by atoms with Crippen LogP contribution in [0.3, 0.4) is 0 Å². The molecule has 0 saturated carbocycles. The Morgan fingerprint density at radius 2 is 1.18 bits per heavy atom. The van der Waals surface area contributed by atoms with E-state index in [2.05, 4.69) is 114 Å². The Labute approximate surface area is 202 Å². The molecule has 1 aromatic heterocycles. The van der Waals surface area contributed by atoms with E-state index in [0.29, 0.717) is 0 Å². The van der Waals surface area contributed by atoms with Gasteiger partial charge in [-0.05, 0) is 71.8 Å². The molecule has 5 aromatic carbocycles. The summed E-state index contributed by atoms with van der Waals surface area (Å²) >= 11 is 7.97. The Kier molecular flexibility index (Phi) is 5.10. The first kappa shape index (κ1) is 20.0. The third-order valence-electron chi connectivity index (χ3n) is 5.92. The van der Waals surface area contributed by atoms with Crippen LogP contribution in [0.2, 0.25) is 5.02 Å². The molecule has 1 nitrogen and oxygen atoms in total. The van der Waals surface area contributed by atoms with Crippen molar-refractivity contribution in [3.05, 3.63) is 126 Å². The maximum absolute atomic E-state index is 6.12. The number of hydrogen-bond acceptors (Lipinski definition) is 2. The van der Waals surface area contributed by atoms with Gasteiger partial charge in [-0.1, -0.05) is 72.3 Å². The van der Waals surface area contributed by atoms with E-state index in [9.17, 15) is 0 Å². The molecule has 0 atom stereocenters. The minimum Gasteiger partial charge on any atom is -0.310 e. The molecule has 158 valence electrons. The van der Waals surface area contributed by atoms with Crippen LogP contribution >= 0.6 is 22.9 Å². The molecule has 0 aliphatic carbocycles. The van der Waals surface area contributed by atoms with E-state index in [0.717, 1.165) is 16.4 Å². The van der Waals surface area contributed by atoms with Crippen LogP contribution in [0.5, 0.6) is 0 Å². The number of thiophene rings is 1. The van der Waals surface area contributed by atoms with E-state index in [1.165, 1.54) is 37.0 Å². The van der Waals surface area contributed by atoms with Crippen LogP contribution in [-0.2, 0) is 0 Å². The molecule has 0 aliphatic heterocycles. The summed E-state index contributed by atoms with van der Waals surface area (Å²) in [5, 5.41) is 3.31. The highest BCUT2D eigenvalue weighted by atomic mass is 35.5. The van der Waals surface area contributed by atoms with Crippen molar-refractivity contribution in [3.8, 4) is 11.1 Å². The molecule has 0 unspecified atom stereocenters. The van der Waals surface area contributed by atoms with Crippen molar-refractivity contribution in [2.75, 3.05) is 4.90 Å². The zero-order valence-electron chi connectivity index (χ0n) is 17.8. The quantitative estimate of drug-likeness (QED) is 0.252. The number of nitrogens with zero attached hydrogens (tertiary/aromatic N) is 1. The first-order valence-corrected chi connectivity index (χ1v) is 12.1. The average Bonchev–Trinajstić information content (AvgIpc) is 3.25. The smallest absolute Gasteiger partial charge is 0.0554 e. The van der Waals surface area contributed by atoms with Gasteiger partial charge in [0.1, 0.15) is 0 Å². The van der Waals surface area contributed by atoms with Crippen molar-refractivity contribution >= 4 is 60.2 Å². The second kappa shape index (κ2) is 8.40. The van der Waals surface area contributed by atoms with Gasteiger partial charge in [-0.25, -0.2) is 0 Å². The van der Waals surface area contributed by atoms with Crippen LogP contribution < -0.4 is 4.90 Å². The average molecular weight is 462 g/mol. The highest BCUT2D eigenvalue weighted by Gasteiger charge is 2.18. The Bertz CT molecular complexity index is 1510. The van der Waals surface area contributed by atoms with Gasteiger partial charge in [0.2, 0.25) is 0 Å². The molecule has 0 N–H and O–H groups in total. The van der Waals surface area contributed by atoms with E-state index in [-0.39, 0.29) is 0 Å². The molecule has 0 spiro atoms. The molecule has 33 heavy (non-hydrogen) atoms. The minimum absolute atomic E-state index is 0.754. The lowest BCUT2D eigenvalue weighted by molar-refractivity contribution is 1.30. The van der Waals surface area contributed by atoms with E-state index in [4.69, 9.17) is 11.6 Å². The van der Waals surface area contributed by atoms with E-state index < -0.39 is 0 Å². The lowest BCUT2D eigenvalue weighted by Gasteiger charge is -2.26. The number of hydrogen-bond donors (Lipinski definition) is 0. The maximum Gasteiger partial charge on any atom is 0.0554 e. The van der Waals surface area contributed by atoms with Gasteiger partial charge in [-0.15, -0.1) is 11.3 Å². The second-order valence-corrected chi connectivity index (χ2v) is 9.50. The number of benzene rings is 5. The topological polar surface area (TPSA) is 3.24 Å². The molecule has 1 heterocycles. The number of halogens is 1. The summed E-state index contributed by atoms with van der Waals surface area (Å²) in [6, 6.07) is 42.6. The molecule has 3 heteroatoms. The Hall–Kier alpha value is -3.59. The normalized spacial score (nSPS) is 11.2. The molecule has 0 radical (unpaired) electrons. The lowest BCUT2D eigenvalue weighted by Crippen LogP contribution is -2.09. The summed E-state index contributed by atoms with van der Waals surface area (Å²) in [5.41, 5.74) is 5.83. The van der Waals surface area contributed by atoms with Gasteiger partial charge in [-0.3, -0.25) is 0 Å². The SMILES string of the molecule is Clc1ccc(-c2ccc3sc4cccc(N(c5ccccc5)c5ccccc5)c4c3c2)cc1. The molecule has 0 fully saturated rings. The summed E-state index contributed by atoms with van der Waals surface area (Å²) in [5.74, 6) is 0. The number of para-hydroxylation sites is 2. The number of rotatable bonds is 4. The van der Waals surface area contributed by atoms with Crippen molar-refractivity contribution < 1.29 is 0 Å². The van der Waals surface area contributed by atoms with Gasteiger partial charge in [0.15, 0.2) is 0 Å². The second-order valence-electron chi connectivity index (χ2n) is 7.98. The summed E-state index contributed by atoms with van der Waals surface area (Å²) < 4.78 is 2.57. The van der Waals surface area contributed by atoms with Crippen LogP contribution in [0.1, 0.15) is 0 Å². The van der Waals surface area contributed by atoms with Crippen LogP contribution in [0, 0.1) is 0 Å². The van der Waals surface area contributed by atoms with Gasteiger partial charge in [0.25, 0.3) is 0 Å². The van der Waals surface area contributed by atoms with E-state index >= 15 is 0 Å². The zero-order chi connectivity index (χ0) is 22.2. The number of anilines is 3. The van der Waals surface area contributed by atoms with Gasteiger partial charge >= 0.3 is 0 Å². The van der Waals surface area contributed by atoms with Crippen LogP contribution in [0.25, 0.3) is 31.3 Å². The fourth-order valence-corrected chi connectivity index (χ4v) is 5.63. The van der Waals surface area contributed by atoms with Crippen LogP contribution in [0.4, 0.5) is 17.1 Å². The summed E-state index contributed by atoms with van der Waals surface area (Å²) in [6.07, 6.45) is 0. The third kappa shape index (κ3) is 3.68.